The molecule has 2 rings (SSSR count). The number of carbonyl (C=O) groups is 1. The third-order valence-corrected chi connectivity index (χ3v) is 2.55. The van der Waals surface area contributed by atoms with Crippen molar-refractivity contribution in [3.8, 4) is 0 Å². The molecule has 0 aliphatic carbocycles. The molecular formula is C11H11ClN2O3. The predicted molar refractivity (Wildman–Crippen MR) is 63.1 cm³/mol. The largest absolute Gasteiger partial charge is 0.462 e. The number of carbonyl (C=O) groups excluding carboxylic acids is 1. The number of fused-ring (bicyclic) bond motifs is 1. The number of aliphatic hydroxyl groups is 1. The van der Waals surface area contributed by atoms with E-state index in [1.165, 1.54) is 11.1 Å². The minimum Gasteiger partial charge on any atom is -0.462 e. The summed E-state index contributed by atoms with van der Waals surface area (Å²) in [7, 11) is 0. The number of aliphatic imine (C=N–C) groups is 1. The summed E-state index contributed by atoms with van der Waals surface area (Å²) in [6.45, 7) is 1.95. The molecule has 90 valence electrons. The number of allylic oxidation sites excluding steroid dienone is 2. The lowest BCUT2D eigenvalue weighted by Gasteiger charge is -2.31. The second-order valence-corrected chi connectivity index (χ2v) is 3.85. The van der Waals surface area contributed by atoms with Gasteiger partial charge in [0, 0.05) is 17.4 Å². The van der Waals surface area contributed by atoms with E-state index in [1.807, 2.05) is 0 Å². The molecule has 0 unspecified atom stereocenters. The smallest absolute Gasteiger partial charge is 0.340 e. The van der Waals surface area contributed by atoms with Gasteiger partial charge >= 0.3 is 5.97 Å². The van der Waals surface area contributed by atoms with Crippen LogP contribution in [0.1, 0.15) is 6.92 Å². The number of rotatable bonds is 2. The van der Waals surface area contributed by atoms with Crippen LogP contribution in [-0.2, 0) is 9.53 Å². The molecule has 2 aliphatic heterocycles. The first kappa shape index (κ1) is 11.9. The van der Waals surface area contributed by atoms with Crippen LogP contribution < -0.4 is 0 Å². The minimum absolute atomic E-state index is 0.103. The highest BCUT2D eigenvalue weighted by Gasteiger charge is 2.30. The molecule has 0 saturated heterocycles. The highest BCUT2D eigenvalue weighted by Crippen LogP contribution is 2.22. The lowest BCUT2D eigenvalue weighted by atomic mass is 10.1. The van der Waals surface area contributed by atoms with E-state index < -0.39 is 12.2 Å². The van der Waals surface area contributed by atoms with Crippen LogP contribution >= 0.6 is 11.6 Å². The molecule has 17 heavy (non-hydrogen) atoms. The van der Waals surface area contributed by atoms with Crippen LogP contribution in [0.5, 0.6) is 0 Å². The summed E-state index contributed by atoms with van der Waals surface area (Å²) >= 11 is 5.81. The Labute approximate surface area is 103 Å². The quantitative estimate of drug-likeness (QED) is 0.750. The fourth-order valence-electron chi connectivity index (χ4n) is 1.51. The van der Waals surface area contributed by atoms with Crippen molar-refractivity contribution in [2.24, 2.45) is 4.99 Å². The maximum atomic E-state index is 11.5. The number of halogens is 1. The Hall–Kier alpha value is -1.59. The van der Waals surface area contributed by atoms with Crippen molar-refractivity contribution in [3.63, 3.8) is 0 Å². The van der Waals surface area contributed by atoms with E-state index in [0.717, 1.165) is 0 Å². The molecule has 0 saturated carbocycles. The molecule has 0 spiro atoms. The van der Waals surface area contributed by atoms with Gasteiger partial charge in [-0.2, -0.15) is 0 Å². The standard InChI is InChI=1S/C11H11ClN2O3/c1-2-17-11(16)8-6-13-9-5-7(12)3-4-14(9)10(8)15/h3-6,10,15H,2H2,1H3/t10-/m0/s1. The van der Waals surface area contributed by atoms with Crippen LogP contribution in [0.15, 0.2) is 40.1 Å². The zero-order valence-electron chi connectivity index (χ0n) is 9.13. The maximum Gasteiger partial charge on any atom is 0.340 e. The maximum absolute atomic E-state index is 11.5. The van der Waals surface area contributed by atoms with Gasteiger partial charge in [0.2, 0.25) is 0 Å². The van der Waals surface area contributed by atoms with Gasteiger partial charge in [-0.3, -0.25) is 0 Å². The monoisotopic (exact) mass is 254 g/mol. The summed E-state index contributed by atoms with van der Waals surface area (Å²) in [5.41, 5.74) is 0.103. The summed E-state index contributed by atoms with van der Waals surface area (Å²) in [6.07, 6.45) is 4.98. The Kier molecular flexibility index (Phi) is 3.31. The zero-order chi connectivity index (χ0) is 12.4. The van der Waals surface area contributed by atoms with Crippen LogP contribution in [0, 0.1) is 0 Å². The molecule has 1 N–H and O–H groups in total. The van der Waals surface area contributed by atoms with Crippen LogP contribution in [0.3, 0.4) is 0 Å². The summed E-state index contributed by atoms with van der Waals surface area (Å²) in [4.78, 5) is 17.0. The van der Waals surface area contributed by atoms with Crippen molar-refractivity contribution in [3.05, 3.63) is 35.2 Å². The molecule has 1 atom stereocenters. The number of nitrogens with zero attached hydrogens (tertiary/aromatic N) is 2. The van der Waals surface area contributed by atoms with E-state index in [2.05, 4.69) is 4.99 Å². The van der Waals surface area contributed by atoms with Gasteiger partial charge in [0.25, 0.3) is 0 Å². The average Bonchev–Trinajstić information content (AvgIpc) is 2.29. The Morgan fingerprint density at radius 1 is 1.71 bits per heavy atom. The Bertz CT molecular complexity index is 465. The number of aliphatic hydroxyl groups excluding tert-OH is 1. The van der Waals surface area contributed by atoms with Crippen molar-refractivity contribution in [1.29, 1.82) is 0 Å². The van der Waals surface area contributed by atoms with Crippen LogP contribution in [0.25, 0.3) is 0 Å². The molecule has 0 aromatic rings. The van der Waals surface area contributed by atoms with Gasteiger partial charge in [0.15, 0.2) is 6.23 Å². The fraction of sp³-hybridized carbons (Fsp3) is 0.273. The molecule has 0 amide bonds. The van der Waals surface area contributed by atoms with Gasteiger partial charge in [-0.1, -0.05) is 11.6 Å². The van der Waals surface area contributed by atoms with E-state index in [1.54, 1.807) is 25.3 Å². The number of esters is 1. The number of hydrogen-bond donors (Lipinski definition) is 1. The second kappa shape index (κ2) is 4.73. The summed E-state index contributed by atoms with van der Waals surface area (Å²) < 4.78 is 4.82. The Morgan fingerprint density at radius 3 is 3.18 bits per heavy atom. The van der Waals surface area contributed by atoms with Crippen LogP contribution in [0.4, 0.5) is 0 Å². The highest BCUT2D eigenvalue weighted by atomic mass is 35.5. The lowest BCUT2D eigenvalue weighted by molar-refractivity contribution is -0.140. The van der Waals surface area contributed by atoms with Gasteiger partial charge in [-0.25, -0.2) is 9.79 Å². The van der Waals surface area contributed by atoms with Gasteiger partial charge in [0.05, 0.1) is 6.61 Å². The molecule has 0 bridgehead atoms. The normalized spacial score (nSPS) is 22.4. The zero-order valence-corrected chi connectivity index (χ0v) is 9.89. The van der Waals surface area contributed by atoms with Gasteiger partial charge in [-0.15, -0.1) is 0 Å². The molecule has 5 nitrogen and oxygen atoms in total. The van der Waals surface area contributed by atoms with Crippen LogP contribution in [0.2, 0.25) is 0 Å². The number of ether oxygens (including phenoxy) is 1. The average molecular weight is 255 g/mol. The molecule has 0 fully saturated rings. The topological polar surface area (TPSA) is 62.1 Å². The molecular weight excluding hydrogens is 244 g/mol. The second-order valence-electron chi connectivity index (χ2n) is 3.42. The van der Waals surface area contributed by atoms with Gasteiger partial charge in [-0.05, 0) is 19.1 Å². The molecule has 6 heteroatoms. The van der Waals surface area contributed by atoms with E-state index in [9.17, 15) is 9.90 Å². The third kappa shape index (κ3) is 2.25. The first-order valence-corrected chi connectivity index (χ1v) is 5.48. The van der Waals surface area contributed by atoms with Crippen molar-refractivity contribution < 1.29 is 14.6 Å². The van der Waals surface area contributed by atoms with Crippen molar-refractivity contribution in [1.82, 2.24) is 4.90 Å². The van der Waals surface area contributed by atoms with Gasteiger partial charge in [0.1, 0.15) is 11.4 Å². The SMILES string of the molecule is CCOC(=O)C1=CN=C2C=C(Cl)C=CN2[C@H]1O. The minimum atomic E-state index is -1.10. The fourth-order valence-corrected chi connectivity index (χ4v) is 1.66. The summed E-state index contributed by atoms with van der Waals surface area (Å²) in [6, 6.07) is 0. The molecule has 2 heterocycles. The van der Waals surface area contributed by atoms with E-state index >= 15 is 0 Å². The van der Waals surface area contributed by atoms with E-state index in [-0.39, 0.29) is 12.2 Å². The number of amidine groups is 1. The molecule has 0 aromatic heterocycles. The van der Waals surface area contributed by atoms with Gasteiger partial charge < -0.3 is 14.7 Å². The molecule has 0 aromatic carbocycles. The van der Waals surface area contributed by atoms with Crippen molar-refractivity contribution in [2.75, 3.05) is 6.61 Å². The summed E-state index contributed by atoms with van der Waals surface area (Å²) in [5, 5.41) is 10.5. The Morgan fingerprint density at radius 2 is 2.47 bits per heavy atom. The lowest BCUT2D eigenvalue weighted by Crippen LogP contribution is -2.42. The third-order valence-electron chi connectivity index (χ3n) is 2.31. The number of hydrogen-bond acceptors (Lipinski definition) is 5. The van der Waals surface area contributed by atoms with Crippen molar-refractivity contribution >= 4 is 23.4 Å². The van der Waals surface area contributed by atoms with E-state index in [4.69, 9.17) is 16.3 Å². The molecule has 2 aliphatic rings. The molecule has 0 radical (unpaired) electrons. The Balaban J connectivity index is 2.28. The highest BCUT2D eigenvalue weighted by molar-refractivity contribution is 6.33. The summed E-state index contributed by atoms with van der Waals surface area (Å²) in [5.74, 6) is -0.0881. The first-order valence-electron chi connectivity index (χ1n) is 5.10. The van der Waals surface area contributed by atoms with E-state index in [0.29, 0.717) is 10.9 Å². The van der Waals surface area contributed by atoms with Crippen LogP contribution in [-0.4, -0.2) is 34.6 Å². The predicted octanol–water partition coefficient (Wildman–Crippen LogP) is 1.12. The first-order chi connectivity index (χ1) is 8.13. The van der Waals surface area contributed by atoms with Crippen molar-refractivity contribution in [2.45, 2.75) is 13.2 Å².